The third-order valence-electron chi connectivity index (χ3n) is 3.10. The van der Waals surface area contributed by atoms with E-state index in [1.807, 2.05) is 24.9 Å². The highest BCUT2D eigenvalue weighted by atomic mass is 16.5. The number of hydrogen-bond acceptors (Lipinski definition) is 3. The van der Waals surface area contributed by atoms with Crippen LogP contribution in [-0.4, -0.2) is 36.4 Å². The van der Waals surface area contributed by atoms with Gasteiger partial charge >= 0.3 is 5.97 Å². The monoisotopic (exact) mass is 268 g/mol. The number of carbonyl (C=O) groups excluding carboxylic acids is 1. The van der Waals surface area contributed by atoms with Gasteiger partial charge in [0.1, 0.15) is 0 Å². The molecular formula is C15H28N2O2. The van der Waals surface area contributed by atoms with Gasteiger partial charge in [-0.1, -0.05) is 26.8 Å². The molecule has 0 aromatic carbocycles. The molecule has 0 aliphatic rings. The van der Waals surface area contributed by atoms with Crippen LogP contribution >= 0.6 is 0 Å². The minimum Gasteiger partial charge on any atom is -0.460 e. The van der Waals surface area contributed by atoms with Crippen molar-refractivity contribution in [3.05, 3.63) is 11.8 Å². The lowest BCUT2D eigenvalue weighted by molar-refractivity contribution is -0.135. The fourth-order valence-electron chi connectivity index (χ4n) is 1.59. The summed E-state index contributed by atoms with van der Waals surface area (Å²) in [5.41, 5.74) is 0.931. The molecule has 0 aromatic heterocycles. The number of nitrogens with zero attached hydrogens (tertiary/aromatic N) is 2. The van der Waals surface area contributed by atoms with Crippen LogP contribution in [-0.2, 0) is 9.53 Å². The van der Waals surface area contributed by atoms with Gasteiger partial charge in [-0.15, -0.1) is 0 Å². The van der Waals surface area contributed by atoms with Crippen LogP contribution in [0.4, 0.5) is 0 Å². The van der Waals surface area contributed by atoms with Crippen molar-refractivity contribution in [3.63, 3.8) is 0 Å². The molecular weight excluding hydrogens is 240 g/mol. The Kier molecular flexibility index (Phi) is 8.92. The molecule has 4 heteroatoms. The third kappa shape index (κ3) is 5.90. The number of likely N-dealkylation sites (N-methyl/N-ethyl adjacent to an activating group) is 1. The van der Waals surface area contributed by atoms with Crippen LogP contribution in [0.5, 0.6) is 0 Å². The van der Waals surface area contributed by atoms with E-state index in [0.29, 0.717) is 12.4 Å². The van der Waals surface area contributed by atoms with E-state index in [0.717, 1.165) is 25.0 Å². The van der Waals surface area contributed by atoms with Crippen molar-refractivity contribution in [2.45, 2.75) is 59.9 Å². The van der Waals surface area contributed by atoms with E-state index in [2.05, 4.69) is 25.8 Å². The summed E-state index contributed by atoms with van der Waals surface area (Å²) in [5, 5.41) is 0. The van der Waals surface area contributed by atoms with Crippen LogP contribution in [0.2, 0.25) is 0 Å². The second kappa shape index (κ2) is 9.59. The van der Waals surface area contributed by atoms with Gasteiger partial charge in [0.15, 0.2) is 0 Å². The first kappa shape index (κ1) is 17.7. The molecule has 0 amide bonds. The number of rotatable bonds is 6. The fraction of sp³-hybridized carbons (Fsp3) is 0.733. The number of aliphatic imine (C=N–C) groups is 1. The molecule has 0 radical (unpaired) electrons. The standard InChI is InChI=1S/C15H28N2O2/c1-7-11-13(9-3)16-14(15(18)19-10-4)17(6)12(5)8-2/h11-12H,7-10H2,1-6H3/b13-11+,16-14?. The number of esters is 1. The Balaban J connectivity index is 5.31. The molecule has 4 nitrogen and oxygen atoms in total. The average Bonchev–Trinajstić information content (AvgIpc) is 2.41. The first-order valence-corrected chi connectivity index (χ1v) is 7.19. The Bertz CT molecular complexity index is 335. The molecule has 0 heterocycles. The Labute approximate surface area is 117 Å². The summed E-state index contributed by atoms with van der Waals surface area (Å²) in [5.74, 6) is 0.0542. The SMILES string of the molecule is CC/C=C(\CC)N=C(C(=O)OCC)N(C)C(C)CC. The van der Waals surface area contributed by atoms with Gasteiger partial charge < -0.3 is 9.64 Å². The van der Waals surface area contributed by atoms with E-state index in [9.17, 15) is 4.79 Å². The van der Waals surface area contributed by atoms with Gasteiger partial charge in [-0.25, -0.2) is 9.79 Å². The maximum atomic E-state index is 12.0. The lowest BCUT2D eigenvalue weighted by Gasteiger charge is -2.26. The molecule has 0 rings (SSSR count). The van der Waals surface area contributed by atoms with Crippen molar-refractivity contribution in [2.24, 2.45) is 4.99 Å². The summed E-state index contributed by atoms with van der Waals surface area (Å²) in [6.07, 6.45) is 4.72. The maximum Gasteiger partial charge on any atom is 0.374 e. The minimum absolute atomic E-state index is 0.253. The lowest BCUT2D eigenvalue weighted by atomic mass is 10.2. The van der Waals surface area contributed by atoms with Crippen LogP contribution < -0.4 is 0 Å². The topological polar surface area (TPSA) is 41.9 Å². The minimum atomic E-state index is -0.347. The third-order valence-corrected chi connectivity index (χ3v) is 3.10. The molecule has 0 bridgehead atoms. The second-order valence-electron chi connectivity index (χ2n) is 4.48. The lowest BCUT2D eigenvalue weighted by Crippen LogP contribution is -2.40. The van der Waals surface area contributed by atoms with E-state index < -0.39 is 0 Å². The van der Waals surface area contributed by atoms with E-state index >= 15 is 0 Å². The zero-order valence-electron chi connectivity index (χ0n) is 13.2. The zero-order valence-corrected chi connectivity index (χ0v) is 13.2. The van der Waals surface area contributed by atoms with E-state index in [4.69, 9.17) is 4.74 Å². The molecule has 0 fully saturated rings. The molecule has 0 spiro atoms. The number of carbonyl (C=O) groups is 1. The normalized spacial score (nSPS) is 14.2. The number of ether oxygens (including phenoxy) is 1. The van der Waals surface area contributed by atoms with Crippen LogP contribution in [0.15, 0.2) is 16.8 Å². The summed E-state index contributed by atoms with van der Waals surface area (Å²) in [7, 11) is 1.89. The molecule has 0 saturated carbocycles. The smallest absolute Gasteiger partial charge is 0.374 e. The van der Waals surface area contributed by atoms with Crippen molar-refractivity contribution in [1.82, 2.24) is 4.90 Å². The van der Waals surface area contributed by atoms with E-state index in [1.54, 1.807) is 6.92 Å². The number of hydrogen-bond donors (Lipinski definition) is 0. The molecule has 0 N–H and O–H groups in total. The molecule has 1 atom stereocenters. The first-order chi connectivity index (χ1) is 9.01. The summed E-state index contributed by atoms with van der Waals surface area (Å²) in [6.45, 7) is 10.4. The van der Waals surface area contributed by atoms with Crippen LogP contribution in [0, 0.1) is 0 Å². The quantitative estimate of drug-likeness (QED) is 0.421. The molecule has 0 aliphatic carbocycles. The fourth-order valence-corrected chi connectivity index (χ4v) is 1.59. The largest absolute Gasteiger partial charge is 0.460 e. The van der Waals surface area contributed by atoms with Gasteiger partial charge in [0, 0.05) is 18.8 Å². The van der Waals surface area contributed by atoms with E-state index in [1.165, 1.54) is 0 Å². The Morgan fingerprint density at radius 1 is 1.32 bits per heavy atom. The van der Waals surface area contributed by atoms with Gasteiger partial charge in [-0.3, -0.25) is 0 Å². The van der Waals surface area contributed by atoms with Crippen molar-refractivity contribution in [2.75, 3.05) is 13.7 Å². The first-order valence-electron chi connectivity index (χ1n) is 7.19. The van der Waals surface area contributed by atoms with Crippen LogP contribution in [0.3, 0.4) is 0 Å². The van der Waals surface area contributed by atoms with Crippen molar-refractivity contribution >= 4 is 11.8 Å². The molecule has 1 unspecified atom stereocenters. The van der Waals surface area contributed by atoms with Crippen LogP contribution in [0.25, 0.3) is 0 Å². The number of amidine groups is 1. The highest BCUT2D eigenvalue weighted by Crippen LogP contribution is 2.10. The summed E-state index contributed by atoms with van der Waals surface area (Å²) < 4.78 is 5.10. The van der Waals surface area contributed by atoms with E-state index in [-0.39, 0.29) is 12.0 Å². The van der Waals surface area contributed by atoms with Crippen LogP contribution in [0.1, 0.15) is 53.9 Å². The predicted octanol–water partition coefficient (Wildman–Crippen LogP) is 3.38. The number of allylic oxidation sites excluding steroid dienone is 2. The molecule has 110 valence electrons. The summed E-state index contributed by atoms with van der Waals surface area (Å²) in [6, 6.07) is 0.253. The van der Waals surface area contributed by atoms with Crippen molar-refractivity contribution in [1.29, 1.82) is 0 Å². The Morgan fingerprint density at radius 3 is 2.37 bits per heavy atom. The van der Waals surface area contributed by atoms with Gasteiger partial charge in [0.25, 0.3) is 0 Å². The molecule has 0 aliphatic heterocycles. The van der Waals surface area contributed by atoms with Gasteiger partial charge in [0.05, 0.1) is 6.61 Å². The molecule has 0 aromatic rings. The predicted molar refractivity (Wildman–Crippen MR) is 80.2 cm³/mol. The summed E-state index contributed by atoms with van der Waals surface area (Å²) in [4.78, 5) is 18.4. The van der Waals surface area contributed by atoms with Gasteiger partial charge in [-0.2, -0.15) is 0 Å². The average molecular weight is 268 g/mol. The zero-order chi connectivity index (χ0) is 14.8. The highest BCUT2D eigenvalue weighted by molar-refractivity contribution is 6.35. The molecule has 19 heavy (non-hydrogen) atoms. The second-order valence-corrected chi connectivity index (χ2v) is 4.48. The maximum absolute atomic E-state index is 12.0. The van der Waals surface area contributed by atoms with Gasteiger partial charge in [0.2, 0.25) is 5.84 Å². The van der Waals surface area contributed by atoms with Gasteiger partial charge in [-0.05, 0) is 33.1 Å². The Hall–Kier alpha value is -1.32. The summed E-state index contributed by atoms with van der Waals surface area (Å²) >= 11 is 0. The molecule has 0 saturated heterocycles. The van der Waals surface area contributed by atoms with Crippen molar-refractivity contribution in [3.8, 4) is 0 Å². The van der Waals surface area contributed by atoms with Crippen molar-refractivity contribution < 1.29 is 9.53 Å². The highest BCUT2D eigenvalue weighted by Gasteiger charge is 2.21. The Morgan fingerprint density at radius 2 is 1.95 bits per heavy atom.